The molecule has 2 atom stereocenters. The largest absolute Gasteiger partial charge is 0.507 e. The number of hydrogen-bond donors (Lipinski definition) is 4. The van der Waals surface area contributed by atoms with Crippen LogP contribution in [0.2, 0.25) is 0 Å². The summed E-state index contributed by atoms with van der Waals surface area (Å²) < 4.78 is 0. The molecule has 6 nitrogen and oxygen atoms in total. The fraction of sp³-hybridized carbons (Fsp3) is 0.250. The maximum Gasteiger partial charge on any atom is 0.255 e. The lowest BCUT2D eigenvalue weighted by Crippen LogP contribution is -2.53. The highest BCUT2D eigenvalue weighted by molar-refractivity contribution is 6.05. The fourth-order valence-electron chi connectivity index (χ4n) is 6.06. The third-order valence-corrected chi connectivity index (χ3v) is 8.00. The molecule has 4 bridgehead atoms. The Kier molecular flexibility index (Phi) is 6.03. The van der Waals surface area contributed by atoms with Crippen LogP contribution in [0, 0.1) is 0 Å². The SMILES string of the molecule is C=C1Cc2c(O)c(cc3ccccc23)C(=O)N[C@@H]2CCCC[C@H]2NC(=O)c2cc3ccccc3c(c2O)C1. The predicted molar refractivity (Wildman–Crippen MR) is 149 cm³/mol. The number of amides is 2. The number of hydrogen-bond acceptors (Lipinski definition) is 4. The zero-order valence-electron chi connectivity index (χ0n) is 21.1. The van der Waals surface area contributed by atoms with Crippen LogP contribution in [0.3, 0.4) is 0 Å². The average molecular weight is 507 g/mol. The second-order valence-corrected chi connectivity index (χ2v) is 10.5. The summed E-state index contributed by atoms with van der Waals surface area (Å²) >= 11 is 0. The van der Waals surface area contributed by atoms with Gasteiger partial charge >= 0.3 is 0 Å². The predicted octanol–water partition coefficient (Wildman–Crippen LogP) is 5.53. The van der Waals surface area contributed by atoms with Gasteiger partial charge in [0.2, 0.25) is 0 Å². The summed E-state index contributed by atoms with van der Waals surface area (Å²) in [6, 6.07) is 18.2. The van der Waals surface area contributed by atoms with Crippen LogP contribution in [0.1, 0.15) is 57.5 Å². The molecule has 0 aromatic heterocycles. The molecule has 6 rings (SSSR count). The van der Waals surface area contributed by atoms with Crippen LogP contribution >= 0.6 is 0 Å². The first-order valence-electron chi connectivity index (χ1n) is 13.2. The van der Waals surface area contributed by atoms with E-state index in [0.29, 0.717) is 36.8 Å². The second-order valence-electron chi connectivity index (χ2n) is 10.5. The van der Waals surface area contributed by atoms with Crippen molar-refractivity contribution in [1.29, 1.82) is 0 Å². The van der Waals surface area contributed by atoms with Gasteiger partial charge in [0.25, 0.3) is 11.8 Å². The van der Waals surface area contributed by atoms with Gasteiger partial charge in [-0.05, 0) is 59.4 Å². The summed E-state index contributed by atoms with van der Waals surface area (Å²) in [5, 5.41) is 32.3. The molecule has 4 aromatic carbocycles. The van der Waals surface area contributed by atoms with Crippen molar-refractivity contribution in [3.63, 3.8) is 0 Å². The van der Waals surface area contributed by atoms with E-state index < -0.39 is 0 Å². The second kappa shape index (κ2) is 9.53. The highest BCUT2D eigenvalue weighted by Crippen LogP contribution is 2.37. The number of nitrogens with one attached hydrogen (secondary N) is 2. The van der Waals surface area contributed by atoms with Gasteiger partial charge in [0, 0.05) is 23.2 Å². The highest BCUT2D eigenvalue weighted by atomic mass is 16.3. The molecule has 1 aliphatic heterocycles. The number of phenols is 2. The molecular formula is C32H30N2O4. The summed E-state index contributed by atoms with van der Waals surface area (Å²) in [5.74, 6) is -0.849. The van der Waals surface area contributed by atoms with Crippen molar-refractivity contribution in [3.05, 3.63) is 95.1 Å². The van der Waals surface area contributed by atoms with E-state index >= 15 is 0 Å². The van der Waals surface area contributed by atoms with Crippen LogP contribution in [-0.2, 0) is 12.8 Å². The van der Waals surface area contributed by atoms with Gasteiger partial charge in [0.1, 0.15) is 11.5 Å². The maximum atomic E-state index is 13.5. The highest BCUT2D eigenvalue weighted by Gasteiger charge is 2.31. The van der Waals surface area contributed by atoms with Crippen LogP contribution in [0.4, 0.5) is 0 Å². The lowest BCUT2D eigenvalue weighted by atomic mass is 9.89. The molecule has 2 aliphatic rings. The number of fused-ring (bicyclic) bond motifs is 9. The van der Waals surface area contributed by atoms with E-state index in [9.17, 15) is 19.8 Å². The first kappa shape index (κ1) is 24.0. The molecule has 1 heterocycles. The van der Waals surface area contributed by atoms with Crippen molar-refractivity contribution in [1.82, 2.24) is 10.6 Å². The maximum absolute atomic E-state index is 13.5. The Balaban J connectivity index is 1.55. The number of benzene rings is 4. The standard InChI is InChI=1S/C32H30N2O4/c1-18-14-23-21-10-4-2-8-19(21)16-25(29(23)35)31(37)33-27-12-6-7-13-28(27)34-32(38)26-17-20-9-3-5-11-22(20)24(15-18)30(26)36/h2-5,8-11,16-17,27-28,35-36H,1,6-7,12-15H2,(H,33,37)(H,34,38)/t27-,28-/m1/s1. The Morgan fingerprint density at radius 1 is 0.684 bits per heavy atom. The normalized spacial score (nSPS) is 20.3. The lowest BCUT2D eigenvalue weighted by molar-refractivity contribution is 0.0859. The zero-order chi connectivity index (χ0) is 26.4. The van der Waals surface area contributed by atoms with E-state index in [4.69, 9.17) is 0 Å². The van der Waals surface area contributed by atoms with Crippen LogP contribution in [-0.4, -0.2) is 34.1 Å². The Morgan fingerprint density at radius 2 is 1.11 bits per heavy atom. The summed E-state index contributed by atoms with van der Waals surface area (Å²) in [5.41, 5.74) is 2.42. The third kappa shape index (κ3) is 4.16. The minimum atomic E-state index is -0.365. The first-order chi connectivity index (χ1) is 18.4. The molecule has 192 valence electrons. The van der Waals surface area contributed by atoms with E-state index in [1.165, 1.54) is 0 Å². The number of rotatable bonds is 0. The van der Waals surface area contributed by atoms with Crippen LogP contribution in [0.25, 0.3) is 21.5 Å². The van der Waals surface area contributed by atoms with E-state index in [-0.39, 0.29) is 46.5 Å². The van der Waals surface area contributed by atoms with Gasteiger partial charge < -0.3 is 20.8 Å². The van der Waals surface area contributed by atoms with E-state index in [1.807, 2.05) is 48.5 Å². The van der Waals surface area contributed by atoms with Crippen molar-refractivity contribution in [3.8, 4) is 11.5 Å². The Hall–Kier alpha value is -4.32. The Morgan fingerprint density at radius 3 is 1.55 bits per heavy atom. The van der Waals surface area contributed by atoms with Gasteiger partial charge in [0.05, 0.1) is 11.1 Å². The molecule has 0 unspecified atom stereocenters. The summed E-state index contributed by atoms with van der Waals surface area (Å²) in [6.07, 6.45) is 3.90. The summed E-state index contributed by atoms with van der Waals surface area (Å²) in [4.78, 5) is 27.0. The monoisotopic (exact) mass is 506 g/mol. The smallest absolute Gasteiger partial charge is 0.255 e. The molecule has 1 saturated carbocycles. The molecule has 2 amide bonds. The summed E-state index contributed by atoms with van der Waals surface area (Å²) in [7, 11) is 0. The molecule has 38 heavy (non-hydrogen) atoms. The van der Waals surface area contributed by atoms with Gasteiger partial charge in [-0.2, -0.15) is 0 Å². The number of phenolic OH excluding ortho intramolecular Hbond substituents is 2. The van der Waals surface area contributed by atoms with Gasteiger partial charge in [-0.3, -0.25) is 9.59 Å². The van der Waals surface area contributed by atoms with Crippen molar-refractivity contribution in [2.75, 3.05) is 0 Å². The number of allylic oxidation sites excluding steroid dienone is 1. The number of aromatic hydroxyl groups is 2. The third-order valence-electron chi connectivity index (χ3n) is 8.00. The van der Waals surface area contributed by atoms with E-state index in [1.54, 1.807) is 12.1 Å². The van der Waals surface area contributed by atoms with Crippen LogP contribution in [0.15, 0.2) is 72.8 Å². The van der Waals surface area contributed by atoms with Gasteiger partial charge in [-0.1, -0.05) is 73.5 Å². The fourth-order valence-corrected chi connectivity index (χ4v) is 6.06. The minimum Gasteiger partial charge on any atom is -0.507 e. The van der Waals surface area contributed by atoms with Gasteiger partial charge in [0.15, 0.2) is 0 Å². The molecule has 1 aliphatic carbocycles. The lowest BCUT2D eigenvalue weighted by Gasteiger charge is -2.33. The van der Waals surface area contributed by atoms with Gasteiger partial charge in [-0.15, -0.1) is 0 Å². The summed E-state index contributed by atoms with van der Waals surface area (Å²) in [6.45, 7) is 4.28. The van der Waals surface area contributed by atoms with Gasteiger partial charge in [-0.25, -0.2) is 0 Å². The quantitative estimate of drug-likeness (QED) is 0.236. The molecule has 6 heteroatoms. The van der Waals surface area contributed by atoms with Crippen molar-refractivity contribution < 1.29 is 19.8 Å². The van der Waals surface area contributed by atoms with Crippen molar-refractivity contribution >= 4 is 33.4 Å². The molecule has 4 aromatic rings. The first-order valence-corrected chi connectivity index (χ1v) is 13.2. The average Bonchev–Trinajstić information content (AvgIpc) is 2.92. The topological polar surface area (TPSA) is 98.7 Å². The molecule has 4 N–H and O–H groups in total. The number of carbonyl (C=O) groups excluding carboxylic acids is 2. The molecular weight excluding hydrogens is 476 g/mol. The van der Waals surface area contributed by atoms with E-state index in [0.717, 1.165) is 40.0 Å². The Labute approximate surface area is 221 Å². The van der Waals surface area contributed by atoms with E-state index in [2.05, 4.69) is 17.2 Å². The minimum absolute atomic E-state index is 0.0588. The molecule has 0 saturated heterocycles. The number of carbonyl (C=O) groups is 2. The van der Waals surface area contributed by atoms with Crippen LogP contribution < -0.4 is 10.6 Å². The van der Waals surface area contributed by atoms with Crippen molar-refractivity contribution in [2.45, 2.75) is 50.6 Å². The molecule has 1 fully saturated rings. The molecule has 0 spiro atoms. The zero-order valence-corrected chi connectivity index (χ0v) is 21.1. The van der Waals surface area contributed by atoms with Crippen LogP contribution in [0.5, 0.6) is 11.5 Å². The molecule has 0 radical (unpaired) electrons. The Bertz CT molecular complexity index is 1500. The van der Waals surface area contributed by atoms with Crippen molar-refractivity contribution in [2.24, 2.45) is 0 Å².